The predicted molar refractivity (Wildman–Crippen MR) is 442 cm³/mol. The topological polar surface area (TPSA) is 42.7 Å². The minimum Gasteiger partial charge on any atom is -0.456 e. The maximum Gasteiger partial charge on any atom is 0.144 e. The monoisotopic (exact) mass is 1370 g/mol. The minimum atomic E-state index is -0.386. The molecule has 532 valence electrons. The molecule has 4 heteroatoms. The van der Waals surface area contributed by atoms with Gasteiger partial charge in [-0.15, -0.1) is 0 Å². The zero-order chi connectivity index (χ0) is 70.9. The van der Waals surface area contributed by atoms with Crippen molar-refractivity contribution in [2.75, 3.05) is 4.90 Å². The van der Waals surface area contributed by atoms with Crippen LogP contribution >= 0.6 is 0 Å². The van der Waals surface area contributed by atoms with Crippen molar-refractivity contribution < 1.29 is 13.3 Å². The Kier molecular flexibility index (Phi) is 18.5. The highest BCUT2D eigenvalue weighted by atomic mass is 16.3. The summed E-state index contributed by atoms with van der Waals surface area (Å²) < 4.78 is 20.9. The van der Waals surface area contributed by atoms with Crippen LogP contribution in [0, 0.1) is 0 Å². The summed E-state index contributed by atoms with van der Waals surface area (Å²) in [7, 11) is 0. The smallest absolute Gasteiger partial charge is 0.144 e. The SMILES string of the molecule is CCCCCCCCC1(CCCCCCCC)c2cc(N(c3ccc4c(c3)C(C)(C)c3c5c(c6c(oc7ccccc76)c3-4)-c3ccccc3C5(C)C)c3ccc4oc5ccccc5c4c3)ccc2-c2cc3c(cc21)-c1c(ccc2oc4ccccc4c12)C3(CCCCCCCC)CCCCCCCC. The third kappa shape index (κ3) is 11.2. The van der Waals surface area contributed by atoms with E-state index in [1.807, 2.05) is 0 Å². The lowest BCUT2D eigenvalue weighted by atomic mass is 9.68. The van der Waals surface area contributed by atoms with Crippen molar-refractivity contribution >= 4 is 82.9 Å². The van der Waals surface area contributed by atoms with Crippen LogP contribution in [-0.4, -0.2) is 0 Å². The molecule has 0 saturated carbocycles. The van der Waals surface area contributed by atoms with Gasteiger partial charge in [-0.25, -0.2) is 0 Å². The van der Waals surface area contributed by atoms with E-state index in [-0.39, 0.29) is 21.7 Å². The van der Waals surface area contributed by atoms with Gasteiger partial charge in [-0.1, -0.05) is 307 Å². The summed E-state index contributed by atoms with van der Waals surface area (Å²) in [6.07, 6.45) is 35.3. The van der Waals surface area contributed by atoms with E-state index < -0.39 is 0 Å². The Morgan fingerprint density at radius 2 is 0.683 bits per heavy atom. The maximum atomic E-state index is 7.26. The van der Waals surface area contributed by atoms with Gasteiger partial charge in [0.25, 0.3) is 0 Å². The molecule has 10 aromatic carbocycles. The second-order valence-corrected chi connectivity index (χ2v) is 33.3. The number of para-hydroxylation sites is 3. The zero-order valence-electron chi connectivity index (χ0n) is 63.7. The largest absolute Gasteiger partial charge is 0.456 e. The molecule has 3 aromatic heterocycles. The van der Waals surface area contributed by atoms with Gasteiger partial charge in [0.2, 0.25) is 0 Å². The Hall–Kier alpha value is -8.60. The van der Waals surface area contributed by atoms with Crippen LogP contribution in [0.3, 0.4) is 0 Å². The summed E-state index contributed by atoms with van der Waals surface area (Å²) in [5.74, 6) is 0. The number of benzene rings is 10. The first-order chi connectivity index (χ1) is 50.9. The van der Waals surface area contributed by atoms with Gasteiger partial charge in [-0.05, 0) is 188 Å². The van der Waals surface area contributed by atoms with Gasteiger partial charge in [0, 0.05) is 76.6 Å². The number of nitrogens with zero attached hydrogens (tertiary/aromatic N) is 1. The summed E-state index contributed by atoms with van der Waals surface area (Å²) in [6.45, 7) is 19.4. The molecule has 4 aliphatic rings. The van der Waals surface area contributed by atoms with Crippen molar-refractivity contribution in [3.8, 4) is 44.5 Å². The van der Waals surface area contributed by atoms with Crippen molar-refractivity contribution in [1.29, 1.82) is 0 Å². The van der Waals surface area contributed by atoms with Crippen LogP contribution in [0.1, 0.15) is 280 Å². The van der Waals surface area contributed by atoms with Crippen molar-refractivity contribution in [3.63, 3.8) is 0 Å². The fraction of sp³-hybridized carbons (Fsp3) is 0.400. The number of furan rings is 3. The summed E-state index contributed by atoms with van der Waals surface area (Å²) in [5, 5.41) is 7.28. The van der Waals surface area contributed by atoms with Gasteiger partial charge in [0.15, 0.2) is 0 Å². The summed E-state index contributed by atoms with van der Waals surface area (Å²) >= 11 is 0. The Morgan fingerprint density at radius 3 is 1.31 bits per heavy atom. The number of rotatable bonds is 31. The molecule has 0 saturated heterocycles. The van der Waals surface area contributed by atoms with Crippen LogP contribution in [0.15, 0.2) is 189 Å². The average Bonchev–Trinajstić information content (AvgIpc) is 1.50. The first-order valence-corrected chi connectivity index (χ1v) is 41.2. The van der Waals surface area contributed by atoms with Crippen LogP contribution in [-0.2, 0) is 21.7 Å². The van der Waals surface area contributed by atoms with E-state index in [0.717, 1.165) is 68.5 Å². The van der Waals surface area contributed by atoms with E-state index in [4.69, 9.17) is 13.3 Å². The molecule has 17 rings (SSSR count). The van der Waals surface area contributed by atoms with E-state index in [9.17, 15) is 0 Å². The highest BCUT2D eigenvalue weighted by Crippen LogP contribution is 2.66. The van der Waals surface area contributed by atoms with Gasteiger partial charge in [-0.3, -0.25) is 0 Å². The van der Waals surface area contributed by atoms with Gasteiger partial charge >= 0.3 is 0 Å². The van der Waals surface area contributed by atoms with Crippen molar-refractivity contribution in [1.82, 2.24) is 0 Å². The molecule has 0 amide bonds. The van der Waals surface area contributed by atoms with E-state index in [0.29, 0.717) is 0 Å². The standard InChI is InChI=1S/C100H109NO3/c1-9-13-17-21-25-37-57-99(58-38-26-22-18-14-10-2)79-54-56-88-90(73-43-31-35-47-85(73)103-88)89(79)77-65-82-75(64-83(77)99)69-52-49-68(63-81(69)100(82,59-39-27-23-19-15-11-3)60-40-28-24-20-16-12-4)101(66-51-55-87-76(61-66)70-41-30-34-46-84(70)102-87)67-50-53-72-80(62-67)98(7,8)95-93(72)96-92(74-44-32-36-48-86(74)104-96)91-71-42-29-33-45-78(71)97(5,6)94(91)95/h29-36,41-56,61-65H,9-28,37-40,57-60H2,1-8H3. The molecule has 0 atom stereocenters. The molecular formula is C100H109NO3. The number of unbranched alkanes of at least 4 members (excludes halogenated alkanes) is 20. The zero-order valence-corrected chi connectivity index (χ0v) is 63.7. The fourth-order valence-corrected chi connectivity index (χ4v) is 21.0. The highest BCUT2D eigenvalue weighted by molar-refractivity contribution is 6.21. The molecule has 4 nitrogen and oxygen atoms in total. The van der Waals surface area contributed by atoms with Crippen LogP contribution in [0.5, 0.6) is 0 Å². The Labute approximate surface area is 619 Å². The lowest BCUT2D eigenvalue weighted by molar-refractivity contribution is 0.394. The third-order valence-electron chi connectivity index (χ3n) is 26.2. The molecule has 0 fully saturated rings. The lowest BCUT2D eigenvalue weighted by Gasteiger charge is -2.35. The molecule has 13 aromatic rings. The maximum absolute atomic E-state index is 7.26. The molecule has 104 heavy (non-hydrogen) atoms. The molecular weight excluding hydrogens is 1260 g/mol. The second-order valence-electron chi connectivity index (χ2n) is 33.3. The van der Waals surface area contributed by atoms with Crippen molar-refractivity contribution in [2.24, 2.45) is 0 Å². The van der Waals surface area contributed by atoms with Crippen molar-refractivity contribution in [3.05, 3.63) is 220 Å². The van der Waals surface area contributed by atoms with Crippen LogP contribution in [0.2, 0.25) is 0 Å². The van der Waals surface area contributed by atoms with Crippen molar-refractivity contribution in [2.45, 2.75) is 257 Å². The van der Waals surface area contributed by atoms with Gasteiger partial charge in [0.1, 0.15) is 33.5 Å². The number of fused-ring (bicyclic) bond motifs is 25. The number of hydrogen-bond donors (Lipinski definition) is 0. The molecule has 0 spiro atoms. The molecule has 0 N–H and O–H groups in total. The predicted octanol–water partition coefficient (Wildman–Crippen LogP) is 31.0. The lowest BCUT2D eigenvalue weighted by Crippen LogP contribution is -2.27. The summed E-state index contributed by atoms with van der Waals surface area (Å²) in [4.78, 5) is 2.63. The van der Waals surface area contributed by atoms with E-state index in [1.165, 1.54) is 266 Å². The molecule has 0 radical (unpaired) electrons. The minimum absolute atomic E-state index is 0.116. The third-order valence-corrected chi connectivity index (χ3v) is 26.2. The number of anilines is 3. The van der Waals surface area contributed by atoms with E-state index in [1.54, 1.807) is 16.7 Å². The average molecular weight is 1370 g/mol. The Bertz CT molecular complexity index is 5350. The molecule has 3 heterocycles. The van der Waals surface area contributed by atoms with Gasteiger partial charge < -0.3 is 18.2 Å². The van der Waals surface area contributed by atoms with E-state index in [2.05, 4.69) is 236 Å². The van der Waals surface area contributed by atoms with E-state index >= 15 is 0 Å². The quantitative estimate of drug-likeness (QED) is 0.0406. The first-order valence-electron chi connectivity index (χ1n) is 41.2. The molecule has 0 aliphatic heterocycles. The normalized spacial score (nSPS) is 15.2. The second kappa shape index (κ2) is 28.0. The number of hydrogen-bond acceptors (Lipinski definition) is 4. The molecule has 4 aliphatic carbocycles. The van der Waals surface area contributed by atoms with Crippen LogP contribution < -0.4 is 4.90 Å². The summed E-state index contributed by atoms with van der Waals surface area (Å²) in [6, 6.07) is 68.5. The highest BCUT2D eigenvalue weighted by Gasteiger charge is 2.51. The van der Waals surface area contributed by atoms with Crippen LogP contribution in [0.4, 0.5) is 17.1 Å². The fourth-order valence-electron chi connectivity index (χ4n) is 21.0. The molecule has 0 bridgehead atoms. The molecule has 0 unspecified atom stereocenters. The van der Waals surface area contributed by atoms with Gasteiger partial charge in [-0.2, -0.15) is 0 Å². The summed E-state index contributed by atoms with van der Waals surface area (Å²) in [5.41, 5.74) is 31.2. The van der Waals surface area contributed by atoms with Crippen LogP contribution in [0.25, 0.3) is 110 Å². The van der Waals surface area contributed by atoms with Gasteiger partial charge in [0.05, 0.1) is 0 Å². The Morgan fingerprint density at radius 1 is 0.269 bits per heavy atom. The first kappa shape index (κ1) is 68.5. The Balaban J connectivity index is 0.887.